The molecule has 2 heterocycles. The van der Waals surface area contributed by atoms with E-state index in [-0.39, 0.29) is 5.91 Å². The van der Waals surface area contributed by atoms with Gasteiger partial charge in [-0.1, -0.05) is 29.8 Å². The van der Waals surface area contributed by atoms with E-state index in [1.165, 1.54) is 19.4 Å². The zero-order valence-corrected chi connectivity index (χ0v) is 16.6. The van der Waals surface area contributed by atoms with Crippen molar-refractivity contribution in [2.24, 2.45) is 5.92 Å². The molecule has 0 bridgehead atoms. The van der Waals surface area contributed by atoms with E-state index >= 15 is 0 Å². The van der Waals surface area contributed by atoms with Crippen molar-refractivity contribution < 1.29 is 4.79 Å². The molecule has 1 aliphatic rings. The van der Waals surface area contributed by atoms with Gasteiger partial charge in [0.15, 0.2) is 0 Å². The molecule has 1 aromatic heterocycles. The number of likely N-dealkylation sites (tertiary alicyclic amines) is 1. The second-order valence-corrected chi connectivity index (χ2v) is 7.75. The van der Waals surface area contributed by atoms with Crippen LogP contribution in [0, 0.1) is 5.92 Å². The van der Waals surface area contributed by atoms with Gasteiger partial charge in [-0.2, -0.15) is 5.10 Å². The standard InChI is InChI=1S/C21H29ClN4O/c22-20-8-2-1-7-19(20)16-23-21(27)10-9-18-6-3-12-25(17-18)13-5-15-26-14-4-11-24-26/h1-2,4,7-8,11,14,18H,3,5-6,9-10,12-13,15-17H2,(H,23,27). The molecule has 1 aromatic carbocycles. The molecular weight excluding hydrogens is 360 g/mol. The van der Waals surface area contributed by atoms with Gasteiger partial charge in [0.1, 0.15) is 0 Å². The third kappa shape index (κ3) is 6.67. The smallest absolute Gasteiger partial charge is 0.220 e. The minimum Gasteiger partial charge on any atom is -0.352 e. The summed E-state index contributed by atoms with van der Waals surface area (Å²) in [6.07, 6.45) is 8.97. The lowest BCUT2D eigenvalue weighted by Gasteiger charge is -2.32. The average molecular weight is 389 g/mol. The minimum atomic E-state index is 0.116. The number of nitrogens with one attached hydrogen (secondary N) is 1. The second-order valence-electron chi connectivity index (χ2n) is 7.34. The molecule has 5 nitrogen and oxygen atoms in total. The van der Waals surface area contributed by atoms with Crippen LogP contribution in [0.4, 0.5) is 0 Å². The molecule has 3 rings (SSSR count). The van der Waals surface area contributed by atoms with E-state index < -0.39 is 0 Å². The van der Waals surface area contributed by atoms with Crippen LogP contribution >= 0.6 is 11.6 Å². The fourth-order valence-corrected chi connectivity index (χ4v) is 3.94. The molecule has 1 saturated heterocycles. The van der Waals surface area contributed by atoms with Crippen LogP contribution < -0.4 is 5.32 Å². The van der Waals surface area contributed by atoms with Gasteiger partial charge in [0.2, 0.25) is 5.91 Å². The van der Waals surface area contributed by atoms with Crippen LogP contribution in [0.3, 0.4) is 0 Å². The Kier molecular flexibility index (Phi) is 7.72. The maximum absolute atomic E-state index is 12.2. The Morgan fingerprint density at radius 2 is 2.15 bits per heavy atom. The SMILES string of the molecule is O=C(CCC1CCCN(CCCn2cccn2)C1)NCc1ccccc1Cl. The molecule has 0 radical (unpaired) electrons. The number of nitrogens with zero attached hydrogens (tertiary/aromatic N) is 3. The summed E-state index contributed by atoms with van der Waals surface area (Å²) in [4.78, 5) is 14.7. The molecule has 1 atom stereocenters. The number of carbonyl (C=O) groups is 1. The van der Waals surface area contributed by atoms with Gasteiger partial charge < -0.3 is 10.2 Å². The van der Waals surface area contributed by atoms with Crippen LogP contribution in [0.1, 0.15) is 37.7 Å². The first kappa shape index (κ1) is 19.9. The molecular formula is C21H29ClN4O. The monoisotopic (exact) mass is 388 g/mol. The van der Waals surface area contributed by atoms with Crippen LogP contribution in [0.5, 0.6) is 0 Å². The maximum atomic E-state index is 12.2. The van der Waals surface area contributed by atoms with Crippen molar-refractivity contribution in [3.8, 4) is 0 Å². The fraction of sp³-hybridized carbons (Fsp3) is 0.524. The number of aryl methyl sites for hydroxylation is 1. The largest absolute Gasteiger partial charge is 0.352 e. The first-order valence-electron chi connectivity index (χ1n) is 9.90. The summed E-state index contributed by atoms with van der Waals surface area (Å²) in [7, 11) is 0. The second kappa shape index (κ2) is 10.5. The average Bonchev–Trinajstić information content (AvgIpc) is 3.20. The van der Waals surface area contributed by atoms with Gasteiger partial charge in [-0.3, -0.25) is 9.48 Å². The van der Waals surface area contributed by atoms with Crippen LogP contribution in [-0.4, -0.2) is 40.2 Å². The molecule has 1 unspecified atom stereocenters. The van der Waals surface area contributed by atoms with Crippen LogP contribution in [0.15, 0.2) is 42.7 Å². The summed E-state index contributed by atoms with van der Waals surface area (Å²) in [5.74, 6) is 0.736. The van der Waals surface area contributed by atoms with Crippen LogP contribution in [0.2, 0.25) is 5.02 Å². The molecule has 0 saturated carbocycles. The molecule has 2 aromatic rings. The molecule has 0 spiro atoms. The van der Waals surface area contributed by atoms with Crippen LogP contribution in [0.25, 0.3) is 0 Å². The Morgan fingerprint density at radius 3 is 2.96 bits per heavy atom. The number of hydrogen-bond acceptors (Lipinski definition) is 3. The third-order valence-electron chi connectivity index (χ3n) is 5.24. The fourth-order valence-electron chi connectivity index (χ4n) is 3.74. The molecule has 1 fully saturated rings. The molecule has 1 aliphatic heterocycles. The zero-order valence-electron chi connectivity index (χ0n) is 15.8. The Bertz CT molecular complexity index is 704. The summed E-state index contributed by atoms with van der Waals surface area (Å²) >= 11 is 6.13. The topological polar surface area (TPSA) is 50.2 Å². The Balaban J connectivity index is 1.32. The molecule has 146 valence electrons. The first-order chi connectivity index (χ1) is 13.2. The molecule has 1 N–H and O–H groups in total. The van der Waals surface area contributed by atoms with E-state index in [0.717, 1.165) is 38.0 Å². The van der Waals surface area contributed by atoms with Crippen molar-refractivity contribution in [3.63, 3.8) is 0 Å². The highest BCUT2D eigenvalue weighted by Crippen LogP contribution is 2.21. The van der Waals surface area contributed by atoms with Gasteiger partial charge in [-0.25, -0.2) is 0 Å². The highest BCUT2D eigenvalue weighted by molar-refractivity contribution is 6.31. The van der Waals surface area contributed by atoms with Crippen molar-refractivity contribution in [2.45, 2.75) is 45.2 Å². The van der Waals surface area contributed by atoms with Crippen LogP contribution in [-0.2, 0) is 17.9 Å². The quantitative estimate of drug-likeness (QED) is 0.712. The lowest BCUT2D eigenvalue weighted by Crippen LogP contribution is -2.37. The normalized spacial score (nSPS) is 17.7. The lowest BCUT2D eigenvalue weighted by molar-refractivity contribution is -0.121. The summed E-state index contributed by atoms with van der Waals surface area (Å²) in [6, 6.07) is 9.61. The maximum Gasteiger partial charge on any atom is 0.220 e. The zero-order chi connectivity index (χ0) is 18.9. The number of amides is 1. The molecule has 6 heteroatoms. The lowest BCUT2D eigenvalue weighted by atomic mass is 9.93. The van der Waals surface area contributed by atoms with E-state index in [9.17, 15) is 4.79 Å². The van der Waals surface area contributed by atoms with E-state index in [0.29, 0.717) is 23.9 Å². The predicted molar refractivity (Wildman–Crippen MR) is 109 cm³/mol. The predicted octanol–water partition coefficient (Wildman–Crippen LogP) is 3.74. The number of piperidine rings is 1. The Hall–Kier alpha value is -1.85. The van der Waals surface area contributed by atoms with Gasteiger partial charge in [0, 0.05) is 43.5 Å². The number of carbonyl (C=O) groups excluding carboxylic acids is 1. The van der Waals surface area contributed by atoms with Crippen molar-refractivity contribution in [3.05, 3.63) is 53.3 Å². The Labute approximate surface area is 166 Å². The number of hydrogen-bond donors (Lipinski definition) is 1. The number of halogens is 1. The molecule has 0 aliphatic carbocycles. The van der Waals surface area contributed by atoms with Gasteiger partial charge in [0.25, 0.3) is 0 Å². The van der Waals surface area contributed by atoms with Crippen molar-refractivity contribution in [1.82, 2.24) is 20.0 Å². The Morgan fingerprint density at radius 1 is 1.26 bits per heavy atom. The summed E-state index contributed by atoms with van der Waals surface area (Å²) in [5, 5.41) is 7.95. The van der Waals surface area contributed by atoms with Crippen molar-refractivity contribution in [2.75, 3.05) is 19.6 Å². The van der Waals surface area contributed by atoms with E-state index in [2.05, 4.69) is 15.3 Å². The molecule has 1 amide bonds. The third-order valence-corrected chi connectivity index (χ3v) is 5.61. The highest BCUT2D eigenvalue weighted by Gasteiger charge is 2.20. The number of aromatic nitrogens is 2. The van der Waals surface area contributed by atoms with Gasteiger partial charge in [0.05, 0.1) is 0 Å². The van der Waals surface area contributed by atoms with Gasteiger partial charge in [-0.15, -0.1) is 0 Å². The summed E-state index contributed by atoms with van der Waals surface area (Å²) in [5.41, 5.74) is 0.966. The summed E-state index contributed by atoms with van der Waals surface area (Å²) < 4.78 is 1.99. The number of rotatable bonds is 9. The molecule has 27 heavy (non-hydrogen) atoms. The minimum absolute atomic E-state index is 0.116. The van der Waals surface area contributed by atoms with Gasteiger partial charge >= 0.3 is 0 Å². The van der Waals surface area contributed by atoms with E-state index in [4.69, 9.17) is 11.6 Å². The van der Waals surface area contributed by atoms with E-state index in [1.807, 2.05) is 47.4 Å². The highest BCUT2D eigenvalue weighted by atomic mass is 35.5. The van der Waals surface area contributed by atoms with Crippen molar-refractivity contribution >= 4 is 17.5 Å². The number of benzene rings is 1. The summed E-state index contributed by atoms with van der Waals surface area (Å²) in [6.45, 7) is 4.86. The van der Waals surface area contributed by atoms with Gasteiger partial charge in [-0.05, 0) is 62.4 Å². The van der Waals surface area contributed by atoms with Crippen molar-refractivity contribution in [1.29, 1.82) is 0 Å². The first-order valence-corrected chi connectivity index (χ1v) is 10.3. The van der Waals surface area contributed by atoms with E-state index in [1.54, 1.807) is 0 Å².